The molecule has 2 rings (SSSR count). The summed E-state index contributed by atoms with van der Waals surface area (Å²) >= 11 is 3.91. The zero-order valence-corrected chi connectivity index (χ0v) is 9.29. The number of nitrogens with two attached hydrogens (primary N) is 1. The highest BCUT2D eigenvalue weighted by atomic mass is 32.2. The van der Waals surface area contributed by atoms with E-state index in [0.717, 1.165) is 6.54 Å². The number of hydrogen-bond acceptors (Lipinski definition) is 3. The number of hydrogen-bond donors (Lipinski definition) is 1. The average Bonchev–Trinajstić information content (AvgIpc) is 2.72. The lowest BCUT2D eigenvalue weighted by atomic mass is 9.83. The Morgan fingerprint density at radius 2 is 2.46 bits per heavy atom. The lowest BCUT2D eigenvalue weighted by Gasteiger charge is -2.34. The van der Waals surface area contributed by atoms with Crippen LogP contribution < -0.4 is 5.73 Å². The predicted octanol–water partition coefficient (Wildman–Crippen LogP) is 2.47. The largest absolute Gasteiger partial charge is 0.330 e. The molecule has 1 aliphatic heterocycles. The molecular formula is C10H15NS2. The molecule has 1 unspecified atom stereocenters. The Bertz CT molecular complexity index is 250. The fraction of sp³-hybridized carbons (Fsp3) is 0.600. The van der Waals surface area contributed by atoms with Gasteiger partial charge in [-0.25, -0.2) is 0 Å². The molecule has 72 valence electrons. The van der Waals surface area contributed by atoms with E-state index in [2.05, 4.69) is 29.3 Å². The zero-order valence-electron chi connectivity index (χ0n) is 7.66. The van der Waals surface area contributed by atoms with Crippen molar-refractivity contribution in [2.24, 2.45) is 5.73 Å². The van der Waals surface area contributed by atoms with E-state index in [9.17, 15) is 0 Å². The van der Waals surface area contributed by atoms with E-state index in [-0.39, 0.29) is 0 Å². The van der Waals surface area contributed by atoms with Gasteiger partial charge < -0.3 is 5.73 Å². The molecule has 3 heteroatoms. The molecule has 0 saturated carbocycles. The molecule has 1 fully saturated rings. The van der Waals surface area contributed by atoms with E-state index >= 15 is 0 Å². The minimum absolute atomic E-state index is 0.303. The third-order valence-electron chi connectivity index (χ3n) is 2.76. The van der Waals surface area contributed by atoms with Gasteiger partial charge in [0.25, 0.3) is 0 Å². The number of rotatable bonds is 2. The maximum atomic E-state index is 5.92. The van der Waals surface area contributed by atoms with Gasteiger partial charge in [-0.05, 0) is 30.0 Å². The molecule has 1 nitrogen and oxygen atoms in total. The first-order chi connectivity index (χ1) is 6.37. The molecule has 0 aromatic carbocycles. The highest BCUT2D eigenvalue weighted by molar-refractivity contribution is 7.99. The van der Waals surface area contributed by atoms with Crippen LogP contribution in [0.15, 0.2) is 17.5 Å². The van der Waals surface area contributed by atoms with Gasteiger partial charge in [-0.3, -0.25) is 0 Å². The lowest BCUT2D eigenvalue weighted by Crippen LogP contribution is -2.39. The van der Waals surface area contributed by atoms with E-state index < -0.39 is 0 Å². The summed E-state index contributed by atoms with van der Waals surface area (Å²) in [5.74, 6) is 2.52. The Morgan fingerprint density at radius 3 is 3.00 bits per heavy atom. The first kappa shape index (κ1) is 9.56. The molecule has 2 heterocycles. The predicted molar refractivity (Wildman–Crippen MR) is 61.6 cm³/mol. The van der Waals surface area contributed by atoms with Crippen LogP contribution in [-0.4, -0.2) is 18.1 Å². The highest BCUT2D eigenvalue weighted by Crippen LogP contribution is 2.38. The Kier molecular flexibility index (Phi) is 2.96. The molecule has 1 aromatic heterocycles. The van der Waals surface area contributed by atoms with Crippen LogP contribution in [0.25, 0.3) is 0 Å². The normalized spacial score (nSPS) is 29.0. The lowest BCUT2D eigenvalue weighted by molar-refractivity contribution is 0.448. The molecule has 1 saturated heterocycles. The summed E-state index contributed by atoms with van der Waals surface area (Å²) in [6, 6.07) is 4.38. The third-order valence-corrected chi connectivity index (χ3v) is 5.21. The smallest absolute Gasteiger partial charge is 0.0260 e. The van der Waals surface area contributed by atoms with Crippen molar-refractivity contribution in [1.29, 1.82) is 0 Å². The Hall–Kier alpha value is 0.01000. The minimum atomic E-state index is 0.303. The molecular weight excluding hydrogens is 198 g/mol. The Balaban J connectivity index is 2.23. The molecule has 0 radical (unpaired) electrons. The van der Waals surface area contributed by atoms with Crippen molar-refractivity contribution < 1.29 is 0 Å². The Labute approximate surface area is 87.7 Å². The molecule has 1 aromatic rings. The van der Waals surface area contributed by atoms with Crippen molar-refractivity contribution in [2.75, 3.05) is 18.1 Å². The van der Waals surface area contributed by atoms with E-state index in [4.69, 9.17) is 5.73 Å². The van der Waals surface area contributed by atoms with Crippen molar-refractivity contribution in [3.05, 3.63) is 22.4 Å². The maximum Gasteiger partial charge on any atom is 0.0260 e. The second-order valence-electron chi connectivity index (χ2n) is 3.62. The van der Waals surface area contributed by atoms with Gasteiger partial charge in [0.2, 0.25) is 0 Å². The topological polar surface area (TPSA) is 26.0 Å². The monoisotopic (exact) mass is 213 g/mol. The van der Waals surface area contributed by atoms with Gasteiger partial charge >= 0.3 is 0 Å². The van der Waals surface area contributed by atoms with Gasteiger partial charge in [-0.1, -0.05) is 6.07 Å². The fourth-order valence-electron chi connectivity index (χ4n) is 1.89. The third kappa shape index (κ3) is 1.78. The zero-order chi connectivity index (χ0) is 9.15. The van der Waals surface area contributed by atoms with E-state index in [0.29, 0.717) is 5.41 Å². The van der Waals surface area contributed by atoms with Crippen LogP contribution >= 0.6 is 23.1 Å². The van der Waals surface area contributed by atoms with E-state index in [1.165, 1.54) is 29.2 Å². The summed E-state index contributed by atoms with van der Waals surface area (Å²) in [5.41, 5.74) is 6.23. The van der Waals surface area contributed by atoms with E-state index in [1.54, 1.807) is 0 Å². The van der Waals surface area contributed by atoms with Crippen LogP contribution in [0.5, 0.6) is 0 Å². The van der Waals surface area contributed by atoms with Crippen molar-refractivity contribution in [2.45, 2.75) is 18.3 Å². The van der Waals surface area contributed by atoms with Gasteiger partial charge in [0.1, 0.15) is 0 Å². The highest BCUT2D eigenvalue weighted by Gasteiger charge is 2.33. The molecule has 0 bridgehead atoms. The summed E-state index contributed by atoms with van der Waals surface area (Å²) in [5, 5.41) is 2.16. The van der Waals surface area contributed by atoms with Gasteiger partial charge in [0.15, 0.2) is 0 Å². The van der Waals surface area contributed by atoms with Crippen LogP contribution in [-0.2, 0) is 5.41 Å². The standard InChI is InChI=1S/C10H15NS2/c11-7-10(4-2-5-12-8-10)9-3-1-6-13-9/h1,3,6H,2,4-5,7-8,11H2. The van der Waals surface area contributed by atoms with Crippen molar-refractivity contribution in [3.8, 4) is 0 Å². The van der Waals surface area contributed by atoms with E-state index in [1.807, 2.05) is 11.3 Å². The second kappa shape index (κ2) is 4.03. The van der Waals surface area contributed by atoms with Gasteiger partial charge in [0.05, 0.1) is 0 Å². The molecule has 1 aliphatic rings. The van der Waals surface area contributed by atoms with Crippen LogP contribution in [0.3, 0.4) is 0 Å². The van der Waals surface area contributed by atoms with Crippen molar-refractivity contribution >= 4 is 23.1 Å². The molecule has 1 atom stereocenters. The van der Waals surface area contributed by atoms with Crippen molar-refractivity contribution in [3.63, 3.8) is 0 Å². The van der Waals surface area contributed by atoms with Gasteiger partial charge in [0, 0.05) is 22.6 Å². The first-order valence-corrected chi connectivity index (χ1v) is 6.73. The fourth-order valence-corrected chi connectivity index (χ4v) is 4.25. The first-order valence-electron chi connectivity index (χ1n) is 4.69. The molecule has 0 amide bonds. The van der Waals surface area contributed by atoms with Crippen LogP contribution in [0, 0.1) is 0 Å². The van der Waals surface area contributed by atoms with Crippen LogP contribution in [0.4, 0.5) is 0 Å². The SMILES string of the molecule is NCC1(c2cccs2)CCCSC1. The summed E-state index contributed by atoms with van der Waals surface area (Å²) < 4.78 is 0. The number of thioether (sulfide) groups is 1. The molecule has 0 spiro atoms. The summed E-state index contributed by atoms with van der Waals surface area (Å²) in [6.45, 7) is 0.806. The average molecular weight is 213 g/mol. The summed E-state index contributed by atoms with van der Waals surface area (Å²) in [6.07, 6.45) is 2.59. The maximum absolute atomic E-state index is 5.92. The molecule has 0 aliphatic carbocycles. The van der Waals surface area contributed by atoms with Crippen LogP contribution in [0.1, 0.15) is 17.7 Å². The molecule has 13 heavy (non-hydrogen) atoms. The second-order valence-corrected chi connectivity index (χ2v) is 5.67. The van der Waals surface area contributed by atoms with Gasteiger partial charge in [-0.15, -0.1) is 11.3 Å². The van der Waals surface area contributed by atoms with Crippen molar-refractivity contribution in [1.82, 2.24) is 0 Å². The number of thiophene rings is 1. The molecule has 2 N–H and O–H groups in total. The van der Waals surface area contributed by atoms with Crippen LogP contribution in [0.2, 0.25) is 0 Å². The minimum Gasteiger partial charge on any atom is -0.330 e. The quantitative estimate of drug-likeness (QED) is 0.817. The summed E-state index contributed by atoms with van der Waals surface area (Å²) in [7, 11) is 0. The summed E-state index contributed by atoms with van der Waals surface area (Å²) in [4.78, 5) is 1.49. The van der Waals surface area contributed by atoms with Gasteiger partial charge in [-0.2, -0.15) is 11.8 Å². The Morgan fingerprint density at radius 1 is 1.54 bits per heavy atom.